The van der Waals surface area contributed by atoms with Gasteiger partial charge in [0.1, 0.15) is 128 Å². The molecular formula is C58H72N23O35P5. The summed E-state index contributed by atoms with van der Waals surface area (Å²) >= 11 is 0. The number of ether oxygens (including phenoxy) is 6. The molecule has 15 rings (SSSR count). The van der Waals surface area contributed by atoms with E-state index in [9.17, 15) is 91.1 Å². The van der Waals surface area contributed by atoms with Crippen molar-refractivity contribution in [2.75, 3.05) is 68.3 Å². The molecule has 58 nitrogen and oxygen atoms in total. The molecule has 15 heterocycles. The maximum atomic E-state index is 14.5. The number of aliphatic hydroxyl groups excluding tert-OH is 2. The standard InChI is InChI=1S/C58H72N23O35P5/c59-36-1-3-76(56(88)69-36)38-5-24(84)31(107-38)14-101-117(91,92)115-29-10-43(81-22-68-46-50(81)72-55(63)74-53(46)87)111-35(29)18-105-121(99,100)116-28-9-41(79-20-66-44-47(61)64-19-65-48(44)79)110-34(28)17-104-120(97,98)114-27-8-40(78-11-23(12-82)51(85)75-58(78)90)109-33(27)16-103-119(95,96)113-26-7-39(77-4-2-37(60)70-57(77)89)108-32(26)15-102-118(93,94)112-25-6-42(106-30(25)13-83)80-21-67-45-49(80)71-54(62)73-52(45)86/h1-4,11-12,19-22,24-35,38-43,83-84H,5-10,13-18H2,(H,91,92)(H,93,94)(H,95,96)(H,97,98)(H,99,100)(H2,59,69,88)(H2,60,70,89)(H2,61,64,65)(H,75,85,90)(H3,62,71,73,86)(H3,63,72,74,87)/t24-,25-,26-,27-,28-,29-,30+,31+,32+,33+,34+,35+,38+,39+,40+,41+,42+,43+/m0/s1. The number of aromatic nitrogens is 18. The molecule has 9 aromatic rings. The van der Waals surface area contributed by atoms with Gasteiger partial charge in [0.25, 0.3) is 16.7 Å². The molecule has 6 saturated heterocycles. The second kappa shape index (κ2) is 34.4. The van der Waals surface area contributed by atoms with Crippen LogP contribution in [0, 0.1) is 0 Å². The van der Waals surface area contributed by atoms with E-state index in [-0.39, 0.29) is 82.0 Å². The first-order valence-electron chi connectivity index (χ1n) is 35.7. The molecule has 23 atom stereocenters. The Balaban J connectivity index is 0.637. The highest BCUT2D eigenvalue weighted by Crippen LogP contribution is 2.56. The molecule has 0 radical (unpaired) electrons. The summed E-state index contributed by atoms with van der Waals surface area (Å²) in [5.74, 6) is -1.08. The van der Waals surface area contributed by atoms with Crippen LogP contribution >= 0.6 is 39.1 Å². The first-order chi connectivity index (χ1) is 57.3. The molecule has 20 N–H and O–H groups in total. The Hall–Kier alpha value is -9.41. The molecule has 0 amide bonds. The summed E-state index contributed by atoms with van der Waals surface area (Å²) < 4.78 is 168. The molecule has 0 spiro atoms. The van der Waals surface area contributed by atoms with Crippen molar-refractivity contribution in [3.8, 4) is 0 Å². The SMILES string of the molecule is Nc1ccn([C@H]2C[C@H](OP(=O)(O)OC[C@H]3O[C@@H](n4cc(C=O)c(=O)[nH]c4=O)C[C@@H]3OP(=O)(O)OC[C@H]3O[C@@H](n4cnc5c(N)ncnc54)C[C@@H]3OP(=O)(O)OC[C@H]3O[C@@H](n4cnc5c(=O)[nH]c(N)nc54)C[C@@H]3OP(=O)(O)OC[C@H]3O[C@@H](n4ccc(N)nc4=O)C[C@@H]3O)[C@@H](COP(=O)(O)O[C@H]3C[C@H](n4cnc5c(=O)[nH]c(N)nc54)O[C@@H]3CO)O2)c(=O)n1. The second-order valence-electron chi connectivity index (χ2n) is 27.6. The summed E-state index contributed by atoms with van der Waals surface area (Å²) in [6, 6.07) is 2.48. The lowest BCUT2D eigenvalue weighted by Crippen LogP contribution is -2.34. The van der Waals surface area contributed by atoms with Gasteiger partial charge in [0, 0.05) is 57.1 Å². The maximum absolute atomic E-state index is 14.5. The predicted octanol–water partition coefficient (Wildman–Crippen LogP) is -3.53. The number of aromatic amines is 3. The number of imidazole rings is 3. The average Bonchev–Trinajstić information content (AvgIpc) is 1.64. The van der Waals surface area contributed by atoms with E-state index < -0.39 is 254 Å². The van der Waals surface area contributed by atoms with E-state index in [1.54, 1.807) is 0 Å². The highest BCUT2D eigenvalue weighted by molar-refractivity contribution is 7.48. The molecule has 0 saturated carbocycles. The number of rotatable bonds is 33. The van der Waals surface area contributed by atoms with Crippen LogP contribution in [0.3, 0.4) is 0 Å². The number of aliphatic hydroxyl groups is 2. The Morgan fingerprint density at radius 2 is 0.777 bits per heavy atom. The summed E-state index contributed by atoms with van der Waals surface area (Å²) in [7, 11) is -27.6. The van der Waals surface area contributed by atoms with E-state index >= 15 is 0 Å². The average molecular weight is 1810 g/mol. The first kappa shape index (κ1) is 86.5. The van der Waals surface area contributed by atoms with Crippen LogP contribution in [0.5, 0.6) is 0 Å². The van der Waals surface area contributed by atoms with Crippen LogP contribution in [0.2, 0.25) is 0 Å². The Morgan fingerprint density at radius 1 is 0.430 bits per heavy atom. The van der Waals surface area contributed by atoms with Gasteiger partial charge in [-0.2, -0.15) is 19.9 Å². The number of carbonyl (C=O) groups excluding carboxylic acids is 1. The number of nitrogens with one attached hydrogen (secondary N) is 3. The molecule has 0 aliphatic carbocycles. The van der Waals surface area contributed by atoms with E-state index in [4.69, 9.17) is 102 Å². The number of nitrogen functional groups attached to an aromatic ring is 5. The number of anilines is 5. The van der Waals surface area contributed by atoms with Crippen molar-refractivity contribution in [3.05, 3.63) is 124 Å². The second-order valence-corrected chi connectivity index (χ2v) is 34.6. The van der Waals surface area contributed by atoms with Crippen molar-refractivity contribution < 1.29 is 136 Å². The minimum Gasteiger partial charge on any atom is -0.394 e. The topological polar surface area (TPSA) is 817 Å². The van der Waals surface area contributed by atoms with Crippen LogP contribution in [0.25, 0.3) is 33.5 Å². The molecule has 6 aliphatic heterocycles. The third kappa shape index (κ3) is 19.2. The number of fused-ring (bicyclic) bond motifs is 3. The Kier molecular flexibility index (Phi) is 24.6. The normalized spacial score (nSPS) is 29.5. The number of phosphoric acid groups is 5. The van der Waals surface area contributed by atoms with E-state index in [1.165, 1.54) is 44.7 Å². The van der Waals surface area contributed by atoms with Crippen molar-refractivity contribution in [3.63, 3.8) is 0 Å². The third-order valence-electron chi connectivity index (χ3n) is 19.6. The Labute approximate surface area is 670 Å². The monoisotopic (exact) mass is 1810 g/mol. The number of hydrogen-bond donors (Lipinski definition) is 15. The Bertz CT molecular complexity index is 6070. The number of carbonyl (C=O) groups is 1. The number of aldehydes is 1. The van der Waals surface area contributed by atoms with Crippen molar-refractivity contribution in [2.45, 2.75) is 149 Å². The summed E-state index contributed by atoms with van der Waals surface area (Å²) in [4.78, 5) is 188. The van der Waals surface area contributed by atoms with Gasteiger partial charge >= 0.3 is 56.2 Å². The molecule has 6 aliphatic rings. The van der Waals surface area contributed by atoms with Crippen LogP contribution < -0.4 is 62.4 Å². The number of H-pyrrole nitrogens is 3. The fraction of sp³-hybridized carbons (Fsp3) is 0.517. The zero-order valence-electron chi connectivity index (χ0n) is 61.5. The lowest BCUT2D eigenvalue weighted by atomic mass is 10.2. The van der Waals surface area contributed by atoms with Crippen molar-refractivity contribution in [1.82, 2.24) is 87.2 Å². The first-order valence-corrected chi connectivity index (χ1v) is 43.2. The van der Waals surface area contributed by atoms with Gasteiger partial charge in [0.05, 0.1) is 70.3 Å². The van der Waals surface area contributed by atoms with Gasteiger partial charge in [-0.15, -0.1) is 0 Å². The quantitative estimate of drug-likeness (QED) is 0.0140. The van der Waals surface area contributed by atoms with Crippen molar-refractivity contribution in [2.24, 2.45) is 0 Å². The largest absolute Gasteiger partial charge is 0.472 e. The molecule has 121 heavy (non-hydrogen) atoms. The van der Waals surface area contributed by atoms with Gasteiger partial charge in [0.2, 0.25) is 11.9 Å². The van der Waals surface area contributed by atoms with Crippen LogP contribution in [-0.4, -0.2) is 241 Å². The van der Waals surface area contributed by atoms with Crippen LogP contribution in [-0.2, 0) is 96.5 Å². The summed E-state index contributed by atoms with van der Waals surface area (Å²) in [5, 5.41) is 21.1. The molecule has 6 fully saturated rings. The van der Waals surface area contributed by atoms with E-state index in [0.717, 1.165) is 34.2 Å². The fourth-order valence-electron chi connectivity index (χ4n) is 14.0. The minimum absolute atomic E-state index is 0.0288. The van der Waals surface area contributed by atoms with Gasteiger partial charge < -0.3 is 91.8 Å². The van der Waals surface area contributed by atoms with Gasteiger partial charge in [0.15, 0.2) is 40.1 Å². The van der Waals surface area contributed by atoms with Gasteiger partial charge in [-0.25, -0.2) is 62.1 Å². The highest BCUT2D eigenvalue weighted by Gasteiger charge is 2.52. The number of nitrogens with two attached hydrogens (primary N) is 5. The predicted molar refractivity (Wildman–Crippen MR) is 395 cm³/mol. The van der Waals surface area contributed by atoms with Gasteiger partial charge in [-0.05, 0) is 12.1 Å². The fourth-order valence-corrected chi connectivity index (χ4v) is 18.8. The van der Waals surface area contributed by atoms with E-state index in [0.29, 0.717) is 4.57 Å². The third-order valence-corrected chi connectivity index (χ3v) is 24.7. The lowest BCUT2D eigenvalue weighted by Gasteiger charge is -2.26. The van der Waals surface area contributed by atoms with Crippen LogP contribution in [0.1, 0.15) is 86.3 Å². The molecule has 0 aromatic carbocycles. The molecule has 654 valence electrons. The zero-order valence-corrected chi connectivity index (χ0v) is 66.0. The molecule has 0 bridgehead atoms. The van der Waals surface area contributed by atoms with Gasteiger partial charge in [-0.1, -0.05) is 0 Å². The highest BCUT2D eigenvalue weighted by atomic mass is 31.2. The van der Waals surface area contributed by atoms with E-state index in [1.807, 2.05) is 4.98 Å². The van der Waals surface area contributed by atoms with Crippen molar-refractivity contribution >= 4 is 108 Å². The molecule has 63 heteroatoms. The van der Waals surface area contributed by atoms with Gasteiger partial charge in [-0.3, -0.25) is 107 Å². The number of nitrogens with zero attached hydrogens (tertiary/aromatic N) is 15. The van der Waals surface area contributed by atoms with Crippen LogP contribution in [0.4, 0.5) is 29.4 Å². The smallest absolute Gasteiger partial charge is 0.394 e. The maximum Gasteiger partial charge on any atom is 0.472 e. The zero-order chi connectivity index (χ0) is 86.1. The van der Waals surface area contributed by atoms with E-state index in [2.05, 4.69) is 54.8 Å². The van der Waals surface area contributed by atoms with Crippen molar-refractivity contribution in [1.29, 1.82) is 0 Å². The molecule has 5 unspecified atom stereocenters. The Morgan fingerprint density at radius 3 is 1.17 bits per heavy atom. The molecule has 9 aromatic heterocycles. The summed E-state index contributed by atoms with van der Waals surface area (Å²) in [6.07, 6.45) is -22.7. The minimum atomic E-state index is -5.70. The van der Waals surface area contributed by atoms with Crippen LogP contribution in [0.15, 0.2) is 84.8 Å². The number of hydrogen-bond acceptors (Lipinski definition) is 44. The summed E-state index contributed by atoms with van der Waals surface area (Å²) in [5.41, 5.74) is 22.1. The summed E-state index contributed by atoms with van der Waals surface area (Å²) in [6.45, 7) is -6.07. The lowest BCUT2D eigenvalue weighted by molar-refractivity contribution is -0.0649. The number of phosphoric ester groups is 5. The molecular weight excluding hydrogens is 1730 g/mol.